The van der Waals surface area contributed by atoms with Gasteiger partial charge in [-0.3, -0.25) is 5.32 Å². The van der Waals surface area contributed by atoms with Crippen molar-refractivity contribution in [1.29, 1.82) is 5.26 Å². The van der Waals surface area contributed by atoms with Crippen molar-refractivity contribution in [3.63, 3.8) is 0 Å². The molecule has 26 heavy (non-hydrogen) atoms. The number of rotatable bonds is 5. The molecule has 140 valence electrons. The van der Waals surface area contributed by atoms with Crippen LogP contribution in [0.5, 0.6) is 0 Å². The van der Waals surface area contributed by atoms with E-state index in [0.717, 1.165) is 0 Å². The lowest BCUT2D eigenvalue weighted by molar-refractivity contribution is -0.135. The molecule has 0 atom stereocenters. The molecule has 1 rings (SSSR count). The SMILES string of the molecule is CCOC(=O)/C(C#N)=N/OC(=O)c1cc(NC(=O)OC(C)(C)C)cn1C. The highest BCUT2D eigenvalue weighted by atomic mass is 16.7. The Morgan fingerprint density at radius 2 is 2.00 bits per heavy atom. The number of hydrogen-bond acceptors (Lipinski definition) is 8. The highest BCUT2D eigenvalue weighted by molar-refractivity contribution is 6.42. The molecule has 1 aromatic heterocycles. The summed E-state index contributed by atoms with van der Waals surface area (Å²) in [4.78, 5) is 39.8. The number of anilines is 1. The van der Waals surface area contributed by atoms with Gasteiger partial charge in [0.25, 0.3) is 5.71 Å². The van der Waals surface area contributed by atoms with Gasteiger partial charge in [0.15, 0.2) is 0 Å². The van der Waals surface area contributed by atoms with Crippen molar-refractivity contribution in [2.45, 2.75) is 33.3 Å². The van der Waals surface area contributed by atoms with Gasteiger partial charge < -0.3 is 18.9 Å². The molecular formula is C16H20N4O6. The topological polar surface area (TPSA) is 132 Å². The number of carbonyl (C=O) groups is 3. The Morgan fingerprint density at radius 1 is 1.35 bits per heavy atom. The standard InChI is InChI=1S/C16H20N4O6/c1-6-24-13(21)11(8-17)19-26-14(22)12-7-10(9-20(12)5)18-15(23)25-16(2,3)4/h7,9H,6H2,1-5H3,(H,18,23)/b19-11+. The fourth-order valence-corrected chi connectivity index (χ4v) is 1.69. The Labute approximate surface area is 150 Å². The normalized spacial score (nSPS) is 11.3. The van der Waals surface area contributed by atoms with E-state index in [4.69, 9.17) is 10.00 Å². The lowest BCUT2D eigenvalue weighted by Gasteiger charge is -2.19. The van der Waals surface area contributed by atoms with Gasteiger partial charge in [0.2, 0.25) is 0 Å². The fraction of sp³-hybridized carbons (Fsp3) is 0.438. The van der Waals surface area contributed by atoms with Gasteiger partial charge in [-0.15, -0.1) is 0 Å². The highest BCUT2D eigenvalue weighted by Gasteiger charge is 2.20. The summed E-state index contributed by atoms with van der Waals surface area (Å²) < 4.78 is 11.1. The molecular weight excluding hydrogens is 344 g/mol. The van der Waals surface area contributed by atoms with E-state index in [-0.39, 0.29) is 12.3 Å². The number of amides is 1. The first-order valence-electron chi connectivity index (χ1n) is 7.60. The number of oxime groups is 1. The van der Waals surface area contributed by atoms with E-state index >= 15 is 0 Å². The van der Waals surface area contributed by atoms with E-state index in [0.29, 0.717) is 5.69 Å². The second kappa shape index (κ2) is 8.66. The van der Waals surface area contributed by atoms with Gasteiger partial charge >= 0.3 is 18.0 Å². The summed E-state index contributed by atoms with van der Waals surface area (Å²) in [6, 6.07) is 2.81. The molecule has 1 N–H and O–H groups in total. The maximum absolute atomic E-state index is 12.0. The van der Waals surface area contributed by atoms with Crippen molar-refractivity contribution in [3.05, 3.63) is 18.0 Å². The first-order valence-corrected chi connectivity index (χ1v) is 7.60. The Hall–Kier alpha value is -3.35. The summed E-state index contributed by atoms with van der Waals surface area (Å²) in [5, 5.41) is 14.5. The Morgan fingerprint density at radius 3 is 2.54 bits per heavy atom. The van der Waals surface area contributed by atoms with Crippen LogP contribution in [0.25, 0.3) is 0 Å². The third kappa shape index (κ3) is 6.27. The minimum Gasteiger partial charge on any atom is -0.461 e. The summed E-state index contributed by atoms with van der Waals surface area (Å²) in [7, 11) is 1.54. The second-order valence-corrected chi connectivity index (χ2v) is 6.00. The predicted molar refractivity (Wildman–Crippen MR) is 90.4 cm³/mol. The van der Waals surface area contributed by atoms with Gasteiger partial charge in [0, 0.05) is 13.2 Å². The number of esters is 1. The third-order valence-electron chi connectivity index (χ3n) is 2.65. The maximum Gasteiger partial charge on any atom is 0.412 e. The van der Waals surface area contributed by atoms with E-state index < -0.39 is 29.3 Å². The first kappa shape index (κ1) is 20.7. The number of nitrogens with one attached hydrogen (secondary N) is 1. The molecule has 0 bridgehead atoms. The van der Waals surface area contributed by atoms with Crippen LogP contribution in [0.4, 0.5) is 10.5 Å². The van der Waals surface area contributed by atoms with Crippen LogP contribution in [-0.2, 0) is 26.2 Å². The zero-order valence-electron chi connectivity index (χ0n) is 15.2. The second-order valence-electron chi connectivity index (χ2n) is 6.00. The molecule has 0 aliphatic heterocycles. The van der Waals surface area contributed by atoms with E-state index in [1.807, 2.05) is 0 Å². The largest absolute Gasteiger partial charge is 0.461 e. The van der Waals surface area contributed by atoms with Crippen LogP contribution < -0.4 is 5.32 Å². The van der Waals surface area contributed by atoms with Crippen LogP contribution in [0.15, 0.2) is 17.4 Å². The molecule has 0 aliphatic rings. The van der Waals surface area contributed by atoms with Crippen LogP contribution in [0.2, 0.25) is 0 Å². The summed E-state index contributed by atoms with van der Waals surface area (Å²) in [5.74, 6) is -1.93. The van der Waals surface area contributed by atoms with Gasteiger partial charge in [-0.25, -0.2) is 14.4 Å². The number of nitrogens with zero attached hydrogens (tertiary/aromatic N) is 3. The maximum atomic E-state index is 12.0. The van der Waals surface area contributed by atoms with E-state index in [1.165, 1.54) is 29.9 Å². The Balaban J connectivity index is 2.82. The van der Waals surface area contributed by atoms with Gasteiger partial charge in [0.05, 0.1) is 12.3 Å². The van der Waals surface area contributed by atoms with Crippen molar-refractivity contribution in [2.24, 2.45) is 12.2 Å². The Kier molecular flexibility index (Phi) is 6.89. The molecule has 0 radical (unpaired) electrons. The van der Waals surface area contributed by atoms with Gasteiger partial charge in [-0.1, -0.05) is 5.16 Å². The lowest BCUT2D eigenvalue weighted by atomic mass is 10.2. The van der Waals surface area contributed by atoms with E-state index in [2.05, 4.69) is 20.0 Å². The molecule has 0 aromatic carbocycles. The van der Waals surface area contributed by atoms with Gasteiger partial charge in [-0.05, 0) is 33.8 Å². The third-order valence-corrected chi connectivity index (χ3v) is 2.65. The molecule has 0 fully saturated rings. The fourth-order valence-electron chi connectivity index (χ4n) is 1.69. The monoisotopic (exact) mass is 364 g/mol. The smallest absolute Gasteiger partial charge is 0.412 e. The van der Waals surface area contributed by atoms with Crippen LogP contribution >= 0.6 is 0 Å². The van der Waals surface area contributed by atoms with Crippen molar-refractivity contribution in [3.8, 4) is 6.07 Å². The average Bonchev–Trinajstić information content (AvgIpc) is 2.86. The number of aryl methyl sites for hydroxylation is 1. The average molecular weight is 364 g/mol. The highest BCUT2D eigenvalue weighted by Crippen LogP contribution is 2.16. The molecule has 10 nitrogen and oxygen atoms in total. The first-order chi connectivity index (χ1) is 12.1. The van der Waals surface area contributed by atoms with Crippen molar-refractivity contribution >= 4 is 29.4 Å². The van der Waals surface area contributed by atoms with Crippen molar-refractivity contribution in [2.75, 3.05) is 11.9 Å². The molecule has 0 saturated carbocycles. The number of nitriles is 1. The molecule has 0 aliphatic carbocycles. The van der Waals surface area contributed by atoms with Crippen LogP contribution in [0, 0.1) is 11.3 Å². The van der Waals surface area contributed by atoms with Crippen molar-refractivity contribution in [1.82, 2.24) is 4.57 Å². The quantitative estimate of drug-likeness (QED) is 0.365. The molecule has 0 saturated heterocycles. The van der Waals surface area contributed by atoms with Gasteiger partial charge in [-0.2, -0.15) is 5.26 Å². The van der Waals surface area contributed by atoms with Crippen LogP contribution in [0.3, 0.4) is 0 Å². The van der Waals surface area contributed by atoms with E-state index in [9.17, 15) is 14.4 Å². The zero-order valence-corrected chi connectivity index (χ0v) is 15.2. The molecule has 1 aromatic rings. The molecule has 10 heteroatoms. The summed E-state index contributed by atoms with van der Waals surface area (Å²) in [5.41, 5.74) is -1.04. The molecule has 1 heterocycles. The molecule has 0 unspecified atom stereocenters. The lowest BCUT2D eigenvalue weighted by Crippen LogP contribution is -2.27. The number of aromatic nitrogens is 1. The van der Waals surface area contributed by atoms with Gasteiger partial charge in [0.1, 0.15) is 17.4 Å². The minimum absolute atomic E-state index is 0.0287. The molecule has 1 amide bonds. The number of ether oxygens (including phenoxy) is 2. The summed E-state index contributed by atoms with van der Waals surface area (Å²) in [6.45, 7) is 6.76. The van der Waals surface area contributed by atoms with Crippen molar-refractivity contribution < 1.29 is 28.7 Å². The molecule has 0 spiro atoms. The van der Waals surface area contributed by atoms with E-state index in [1.54, 1.807) is 27.7 Å². The minimum atomic E-state index is -0.998. The number of carbonyl (C=O) groups excluding carboxylic acids is 3. The van der Waals surface area contributed by atoms with Crippen LogP contribution in [0.1, 0.15) is 38.2 Å². The summed E-state index contributed by atoms with van der Waals surface area (Å²) >= 11 is 0. The predicted octanol–water partition coefficient (Wildman–Crippen LogP) is 1.97. The summed E-state index contributed by atoms with van der Waals surface area (Å²) in [6.07, 6.45) is 0.774. The Bertz CT molecular complexity index is 767. The van der Waals surface area contributed by atoms with Crippen LogP contribution in [-0.4, -0.2) is 40.5 Å². The zero-order chi connectivity index (χ0) is 19.9. The number of hydrogen-bond donors (Lipinski definition) is 1.